The van der Waals surface area contributed by atoms with E-state index in [2.05, 4.69) is 24.4 Å². The second kappa shape index (κ2) is 9.04. The standard InChI is InChI=1S/C15H25NO3/c1-3-13-4-6-14(7-5-13)15(18)12(2)16-8-10-19-11-9-17/h4-7,12,15-18H,3,8-11H2,1-2H3. The number of ether oxygens (including phenoxy) is 1. The molecule has 0 spiro atoms. The Bertz CT molecular complexity index is 340. The number of aliphatic hydroxyl groups excluding tert-OH is 2. The van der Waals surface area contributed by atoms with E-state index in [1.165, 1.54) is 5.56 Å². The molecule has 19 heavy (non-hydrogen) atoms. The smallest absolute Gasteiger partial charge is 0.0940 e. The molecule has 0 aliphatic heterocycles. The van der Waals surface area contributed by atoms with Crippen LogP contribution in [0.3, 0.4) is 0 Å². The molecule has 0 aliphatic carbocycles. The van der Waals surface area contributed by atoms with Gasteiger partial charge in [-0.15, -0.1) is 0 Å². The van der Waals surface area contributed by atoms with E-state index in [0.717, 1.165) is 12.0 Å². The molecule has 3 N–H and O–H groups in total. The predicted molar refractivity (Wildman–Crippen MR) is 76.1 cm³/mol. The van der Waals surface area contributed by atoms with E-state index < -0.39 is 6.10 Å². The summed E-state index contributed by atoms with van der Waals surface area (Å²) in [5.41, 5.74) is 2.20. The fourth-order valence-electron chi connectivity index (χ4n) is 1.88. The summed E-state index contributed by atoms with van der Waals surface area (Å²) in [6, 6.07) is 8.02. The number of nitrogens with one attached hydrogen (secondary N) is 1. The molecule has 4 heteroatoms. The minimum Gasteiger partial charge on any atom is -0.394 e. The van der Waals surface area contributed by atoms with Gasteiger partial charge in [-0.2, -0.15) is 0 Å². The van der Waals surface area contributed by atoms with Gasteiger partial charge in [0.15, 0.2) is 0 Å². The molecule has 0 saturated heterocycles. The summed E-state index contributed by atoms with van der Waals surface area (Å²) in [6.07, 6.45) is 0.482. The predicted octanol–water partition coefficient (Wildman–Crippen LogP) is 1.27. The SMILES string of the molecule is CCc1ccc(C(O)C(C)NCCOCCO)cc1. The van der Waals surface area contributed by atoms with Crippen LogP contribution in [0.2, 0.25) is 0 Å². The van der Waals surface area contributed by atoms with Crippen molar-refractivity contribution in [1.82, 2.24) is 5.32 Å². The van der Waals surface area contributed by atoms with Crippen molar-refractivity contribution < 1.29 is 14.9 Å². The summed E-state index contributed by atoms with van der Waals surface area (Å²) in [5, 5.41) is 22.0. The van der Waals surface area contributed by atoms with Crippen molar-refractivity contribution in [1.29, 1.82) is 0 Å². The van der Waals surface area contributed by atoms with E-state index >= 15 is 0 Å². The molecular weight excluding hydrogens is 242 g/mol. The summed E-state index contributed by atoms with van der Waals surface area (Å²) >= 11 is 0. The van der Waals surface area contributed by atoms with Gasteiger partial charge < -0.3 is 20.3 Å². The van der Waals surface area contributed by atoms with Gasteiger partial charge >= 0.3 is 0 Å². The molecule has 2 unspecified atom stereocenters. The lowest BCUT2D eigenvalue weighted by Gasteiger charge is -2.21. The number of hydrogen-bond donors (Lipinski definition) is 3. The van der Waals surface area contributed by atoms with E-state index in [1.807, 2.05) is 19.1 Å². The Kier molecular flexibility index (Phi) is 7.67. The maximum absolute atomic E-state index is 10.2. The number of hydrogen-bond acceptors (Lipinski definition) is 4. The van der Waals surface area contributed by atoms with Gasteiger partial charge in [-0.3, -0.25) is 0 Å². The van der Waals surface area contributed by atoms with E-state index in [0.29, 0.717) is 19.8 Å². The van der Waals surface area contributed by atoms with Gasteiger partial charge in [0.25, 0.3) is 0 Å². The molecule has 1 rings (SSSR count). The van der Waals surface area contributed by atoms with Gasteiger partial charge in [0.2, 0.25) is 0 Å². The fourth-order valence-corrected chi connectivity index (χ4v) is 1.88. The van der Waals surface area contributed by atoms with Gasteiger partial charge in [-0.05, 0) is 24.5 Å². The second-order valence-electron chi connectivity index (χ2n) is 4.62. The van der Waals surface area contributed by atoms with E-state index in [4.69, 9.17) is 9.84 Å². The Labute approximate surface area is 115 Å². The van der Waals surface area contributed by atoms with Crippen molar-refractivity contribution in [2.24, 2.45) is 0 Å². The molecule has 0 aromatic heterocycles. The van der Waals surface area contributed by atoms with Gasteiger partial charge in [-0.25, -0.2) is 0 Å². The van der Waals surface area contributed by atoms with Crippen LogP contribution >= 0.6 is 0 Å². The number of aryl methyl sites for hydroxylation is 1. The fraction of sp³-hybridized carbons (Fsp3) is 0.600. The monoisotopic (exact) mass is 267 g/mol. The number of aliphatic hydroxyl groups is 2. The zero-order valence-corrected chi connectivity index (χ0v) is 11.8. The summed E-state index contributed by atoms with van der Waals surface area (Å²) in [7, 11) is 0. The first-order valence-electron chi connectivity index (χ1n) is 6.88. The molecule has 0 radical (unpaired) electrons. The van der Waals surface area contributed by atoms with Gasteiger partial charge in [-0.1, -0.05) is 31.2 Å². The third-order valence-corrected chi connectivity index (χ3v) is 3.15. The third-order valence-electron chi connectivity index (χ3n) is 3.15. The minimum absolute atomic E-state index is 0.0368. The highest BCUT2D eigenvalue weighted by Crippen LogP contribution is 2.17. The van der Waals surface area contributed by atoms with Crippen LogP contribution in [0.15, 0.2) is 24.3 Å². The molecule has 0 fully saturated rings. The van der Waals surface area contributed by atoms with Crippen molar-refractivity contribution in [3.8, 4) is 0 Å². The van der Waals surface area contributed by atoms with E-state index in [9.17, 15) is 5.11 Å². The first-order valence-corrected chi connectivity index (χ1v) is 6.88. The van der Waals surface area contributed by atoms with Crippen LogP contribution < -0.4 is 5.32 Å². The van der Waals surface area contributed by atoms with Crippen LogP contribution in [0.4, 0.5) is 0 Å². The summed E-state index contributed by atoms with van der Waals surface area (Å²) < 4.78 is 5.15. The lowest BCUT2D eigenvalue weighted by molar-refractivity contribution is 0.0849. The average molecular weight is 267 g/mol. The van der Waals surface area contributed by atoms with Crippen molar-refractivity contribution in [2.75, 3.05) is 26.4 Å². The average Bonchev–Trinajstić information content (AvgIpc) is 2.46. The summed E-state index contributed by atoms with van der Waals surface area (Å²) in [6.45, 7) is 5.66. The summed E-state index contributed by atoms with van der Waals surface area (Å²) in [4.78, 5) is 0. The minimum atomic E-state index is -0.524. The Morgan fingerprint density at radius 2 is 1.89 bits per heavy atom. The van der Waals surface area contributed by atoms with Gasteiger partial charge in [0.1, 0.15) is 0 Å². The van der Waals surface area contributed by atoms with E-state index in [-0.39, 0.29) is 12.6 Å². The van der Waals surface area contributed by atoms with Crippen LogP contribution in [0.1, 0.15) is 31.1 Å². The van der Waals surface area contributed by atoms with Crippen molar-refractivity contribution in [3.63, 3.8) is 0 Å². The maximum Gasteiger partial charge on any atom is 0.0940 e. The highest BCUT2D eigenvalue weighted by molar-refractivity contribution is 5.24. The van der Waals surface area contributed by atoms with Crippen LogP contribution in [0.25, 0.3) is 0 Å². The van der Waals surface area contributed by atoms with Gasteiger partial charge in [0, 0.05) is 12.6 Å². The van der Waals surface area contributed by atoms with Crippen LogP contribution in [-0.2, 0) is 11.2 Å². The largest absolute Gasteiger partial charge is 0.394 e. The highest BCUT2D eigenvalue weighted by atomic mass is 16.5. The van der Waals surface area contributed by atoms with E-state index in [1.54, 1.807) is 0 Å². The Morgan fingerprint density at radius 3 is 2.47 bits per heavy atom. The normalized spacial score (nSPS) is 14.3. The Balaban J connectivity index is 2.36. The molecule has 1 aromatic carbocycles. The quantitative estimate of drug-likeness (QED) is 0.590. The van der Waals surface area contributed by atoms with Crippen molar-refractivity contribution >= 4 is 0 Å². The second-order valence-corrected chi connectivity index (χ2v) is 4.62. The molecule has 0 bridgehead atoms. The molecule has 1 aromatic rings. The molecule has 0 saturated carbocycles. The molecule has 0 amide bonds. The molecular formula is C15H25NO3. The van der Waals surface area contributed by atoms with Crippen LogP contribution in [0, 0.1) is 0 Å². The molecule has 0 heterocycles. The Morgan fingerprint density at radius 1 is 1.21 bits per heavy atom. The lowest BCUT2D eigenvalue weighted by atomic mass is 10.0. The molecule has 108 valence electrons. The first kappa shape index (κ1) is 16.1. The molecule has 0 aliphatic rings. The first-order chi connectivity index (χ1) is 9.19. The topological polar surface area (TPSA) is 61.7 Å². The van der Waals surface area contributed by atoms with Crippen molar-refractivity contribution in [3.05, 3.63) is 35.4 Å². The highest BCUT2D eigenvalue weighted by Gasteiger charge is 2.15. The molecule has 2 atom stereocenters. The van der Waals surface area contributed by atoms with Gasteiger partial charge in [0.05, 0.1) is 25.9 Å². The Hall–Kier alpha value is -0.940. The lowest BCUT2D eigenvalue weighted by Crippen LogP contribution is -2.34. The zero-order chi connectivity index (χ0) is 14.1. The third kappa shape index (κ3) is 5.70. The van der Waals surface area contributed by atoms with Crippen molar-refractivity contribution in [2.45, 2.75) is 32.4 Å². The number of rotatable bonds is 9. The maximum atomic E-state index is 10.2. The molecule has 4 nitrogen and oxygen atoms in total. The summed E-state index contributed by atoms with van der Waals surface area (Å²) in [5.74, 6) is 0. The zero-order valence-electron chi connectivity index (χ0n) is 11.8. The van der Waals surface area contributed by atoms with Crippen LogP contribution in [0.5, 0.6) is 0 Å². The number of benzene rings is 1. The van der Waals surface area contributed by atoms with Crippen LogP contribution in [-0.4, -0.2) is 42.6 Å².